The zero-order valence-electron chi connectivity index (χ0n) is 11.4. The minimum atomic E-state index is -0.577. The van der Waals surface area contributed by atoms with E-state index >= 15 is 0 Å². The lowest BCUT2D eigenvalue weighted by Crippen LogP contribution is -2.18. The quantitative estimate of drug-likeness (QED) is 0.637. The molecule has 1 N–H and O–H groups in total. The number of nitrogens with one attached hydrogen (secondary N) is 1. The Bertz CT molecular complexity index is 609. The minimum Gasteiger partial charge on any atom is -0.375 e. The van der Waals surface area contributed by atoms with Gasteiger partial charge in [-0.1, -0.05) is 18.9 Å². The van der Waals surface area contributed by atoms with E-state index in [4.69, 9.17) is 0 Å². The summed E-state index contributed by atoms with van der Waals surface area (Å²) in [5.74, 6) is -0.617. The molecule has 0 spiro atoms. The first-order valence-electron chi connectivity index (χ1n) is 7.09. The van der Waals surface area contributed by atoms with Crippen LogP contribution in [0.3, 0.4) is 0 Å². The average Bonchev–Trinajstić information content (AvgIpc) is 3.14. The number of halogens is 3. The Hall–Kier alpha value is -0.940. The Labute approximate surface area is 135 Å². The largest absolute Gasteiger partial charge is 0.375 e. The molecule has 1 nitrogen and oxygen atoms in total. The molecule has 5 heteroatoms. The molecule has 2 aromatic rings. The predicted octanol–water partition coefficient (Wildman–Crippen LogP) is 6.13. The fourth-order valence-corrected chi connectivity index (χ4v) is 4.19. The molecule has 1 fully saturated rings. The Morgan fingerprint density at radius 1 is 1.19 bits per heavy atom. The van der Waals surface area contributed by atoms with E-state index in [9.17, 15) is 8.78 Å². The number of benzene rings is 1. The molecule has 1 heterocycles. The fourth-order valence-electron chi connectivity index (χ4n) is 2.98. The molecule has 1 aliphatic rings. The second-order valence-electron chi connectivity index (χ2n) is 5.43. The van der Waals surface area contributed by atoms with Gasteiger partial charge in [-0.05, 0) is 52.2 Å². The van der Waals surface area contributed by atoms with Crippen molar-refractivity contribution in [1.29, 1.82) is 0 Å². The van der Waals surface area contributed by atoms with Crippen molar-refractivity contribution in [1.82, 2.24) is 0 Å². The van der Waals surface area contributed by atoms with E-state index in [1.54, 1.807) is 11.3 Å². The van der Waals surface area contributed by atoms with Gasteiger partial charge in [0.05, 0.1) is 16.2 Å². The summed E-state index contributed by atoms with van der Waals surface area (Å²) >= 11 is 4.80. The van der Waals surface area contributed by atoms with E-state index in [1.807, 2.05) is 11.4 Å². The van der Waals surface area contributed by atoms with E-state index < -0.39 is 11.6 Å². The summed E-state index contributed by atoms with van der Waals surface area (Å²) in [6.07, 6.45) is 4.76. The van der Waals surface area contributed by atoms with Crippen molar-refractivity contribution in [3.05, 3.63) is 50.6 Å². The van der Waals surface area contributed by atoms with Crippen LogP contribution >= 0.6 is 27.3 Å². The smallest absolute Gasteiger partial charge is 0.149 e. The second-order valence-corrected chi connectivity index (χ2v) is 7.26. The van der Waals surface area contributed by atoms with Gasteiger partial charge in [-0.3, -0.25) is 0 Å². The molecule has 1 saturated carbocycles. The molecular weight excluding hydrogens is 356 g/mol. The molecule has 1 aromatic carbocycles. The van der Waals surface area contributed by atoms with Gasteiger partial charge in [0.15, 0.2) is 0 Å². The normalized spacial score (nSPS) is 17.1. The molecule has 0 amide bonds. The summed E-state index contributed by atoms with van der Waals surface area (Å²) in [5, 5.41) is 5.34. The first kappa shape index (κ1) is 15.0. The molecule has 0 radical (unpaired) electrons. The van der Waals surface area contributed by atoms with Crippen LogP contribution in [-0.2, 0) is 0 Å². The van der Waals surface area contributed by atoms with Crippen molar-refractivity contribution >= 4 is 33.0 Å². The van der Waals surface area contributed by atoms with Crippen LogP contribution in [0.5, 0.6) is 0 Å². The third-order valence-electron chi connectivity index (χ3n) is 4.04. The molecular formula is C16H16BrF2NS. The molecule has 1 aromatic heterocycles. The average molecular weight is 372 g/mol. The van der Waals surface area contributed by atoms with Crippen molar-refractivity contribution in [2.24, 2.45) is 5.92 Å². The first-order chi connectivity index (χ1) is 10.1. The zero-order valence-corrected chi connectivity index (χ0v) is 13.8. The molecule has 1 aliphatic carbocycles. The van der Waals surface area contributed by atoms with Gasteiger partial charge in [-0.2, -0.15) is 0 Å². The van der Waals surface area contributed by atoms with Crippen LogP contribution in [0.25, 0.3) is 0 Å². The maximum Gasteiger partial charge on any atom is 0.149 e. The Balaban J connectivity index is 1.89. The van der Waals surface area contributed by atoms with E-state index in [0.717, 1.165) is 18.9 Å². The highest BCUT2D eigenvalue weighted by atomic mass is 79.9. The summed E-state index contributed by atoms with van der Waals surface area (Å²) in [6.45, 7) is 0. The molecule has 1 atom stereocenters. The number of hydrogen-bond acceptors (Lipinski definition) is 2. The summed E-state index contributed by atoms with van der Waals surface area (Å²) in [4.78, 5) is 1.21. The van der Waals surface area contributed by atoms with Gasteiger partial charge in [-0.15, -0.1) is 11.3 Å². The Kier molecular flexibility index (Phi) is 4.60. The lowest BCUT2D eigenvalue weighted by molar-refractivity contribution is 0.472. The van der Waals surface area contributed by atoms with Crippen LogP contribution in [0.2, 0.25) is 0 Å². The summed E-state index contributed by atoms with van der Waals surface area (Å²) in [5.41, 5.74) is 0.355. The van der Waals surface area contributed by atoms with Crippen molar-refractivity contribution in [2.45, 2.75) is 31.7 Å². The van der Waals surface area contributed by atoms with Crippen LogP contribution in [0.4, 0.5) is 14.5 Å². The number of anilines is 1. The van der Waals surface area contributed by atoms with E-state index in [1.165, 1.54) is 23.8 Å². The third kappa shape index (κ3) is 3.29. The molecule has 112 valence electrons. The van der Waals surface area contributed by atoms with Crippen molar-refractivity contribution < 1.29 is 8.78 Å². The Morgan fingerprint density at radius 2 is 1.95 bits per heavy atom. The highest BCUT2D eigenvalue weighted by Crippen LogP contribution is 2.40. The van der Waals surface area contributed by atoms with Gasteiger partial charge in [0.2, 0.25) is 0 Å². The van der Waals surface area contributed by atoms with Crippen LogP contribution in [0.15, 0.2) is 34.1 Å². The molecule has 3 rings (SSSR count). The topological polar surface area (TPSA) is 12.0 Å². The van der Waals surface area contributed by atoms with Gasteiger partial charge < -0.3 is 5.32 Å². The van der Waals surface area contributed by atoms with Crippen molar-refractivity contribution in [3.8, 4) is 0 Å². The van der Waals surface area contributed by atoms with E-state index in [-0.39, 0.29) is 10.5 Å². The van der Waals surface area contributed by atoms with E-state index in [2.05, 4.69) is 27.3 Å². The zero-order chi connectivity index (χ0) is 14.8. The molecule has 0 saturated heterocycles. The second kappa shape index (κ2) is 6.44. The first-order valence-corrected chi connectivity index (χ1v) is 8.77. The van der Waals surface area contributed by atoms with E-state index in [0.29, 0.717) is 11.6 Å². The fraction of sp³-hybridized carbons (Fsp3) is 0.375. The predicted molar refractivity (Wildman–Crippen MR) is 86.7 cm³/mol. The summed E-state index contributed by atoms with van der Waals surface area (Å²) in [6, 6.07) is 6.60. The van der Waals surface area contributed by atoms with Gasteiger partial charge >= 0.3 is 0 Å². The molecule has 0 aliphatic heterocycles. The molecule has 21 heavy (non-hydrogen) atoms. The molecule has 1 unspecified atom stereocenters. The lowest BCUT2D eigenvalue weighted by atomic mass is 9.96. The van der Waals surface area contributed by atoms with Gasteiger partial charge in [0.25, 0.3) is 0 Å². The van der Waals surface area contributed by atoms with Crippen molar-refractivity contribution in [2.75, 3.05) is 5.32 Å². The SMILES string of the molecule is Fc1cc(F)c(NC(c2cccs2)C2CCCC2)cc1Br. The Morgan fingerprint density at radius 3 is 2.62 bits per heavy atom. The summed E-state index contributed by atoms with van der Waals surface area (Å²) in [7, 11) is 0. The monoisotopic (exact) mass is 371 g/mol. The number of hydrogen-bond donors (Lipinski definition) is 1. The highest BCUT2D eigenvalue weighted by molar-refractivity contribution is 9.10. The highest BCUT2D eigenvalue weighted by Gasteiger charge is 2.27. The van der Waals surface area contributed by atoms with Gasteiger partial charge in [-0.25, -0.2) is 8.78 Å². The third-order valence-corrected chi connectivity index (χ3v) is 5.61. The minimum absolute atomic E-state index is 0.0966. The van der Waals surface area contributed by atoms with Crippen LogP contribution in [0, 0.1) is 17.6 Å². The molecule has 0 bridgehead atoms. The lowest BCUT2D eigenvalue weighted by Gasteiger charge is -2.25. The van der Waals surface area contributed by atoms with Crippen molar-refractivity contribution in [3.63, 3.8) is 0 Å². The van der Waals surface area contributed by atoms with Crippen LogP contribution in [0.1, 0.15) is 36.6 Å². The maximum absolute atomic E-state index is 14.0. The van der Waals surface area contributed by atoms with Crippen LogP contribution in [-0.4, -0.2) is 0 Å². The maximum atomic E-state index is 14.0. The van der Waals surface area contributed by atoms with Crippen LogP contribution < -0.4 is 5.32 Å². The van der Waals surface area contributed by atoms with Gasteiger partial charge in [0.1, 0.15) is 11.6 Å². The summed E-state index contributed by atoms with van der Waals surface area (Å²) < 4.78 is 27.6. The standard InChI is InChI=1S/C16H16BrF2NS/c17-11-8-14(13(19)9-12(11)18)20-16(10-4-1-2-5-10)15-6-3-7-21-15/h3,6-10,16,20H,1-2,4-5H2. The number of thiophene rings is 1. The van der Waals surface area contributed by atoms with Gasteiger partial charge in [0, 0.05) is 10.9 Å². The number of rotatable bonds is 4.